The highest BCUT2D eigenvalue weighted by Gasteiger charge is 2.26. The second-order valence-electron chi connectivity index (χ2n) is 7.25. The van der Waals surface area contributed by atoms with E-state index in [2.05, 4.69) is 5.32 Å². The Morgan fingerprint density at radius 3 is 2.28 bits per heavy atom. The number of carbonyl (C=O) groups excluding carboxylic acids is 1. The third kappa shape index (κ3) is 5.16. The molecule has 7 nitrogen and oxygen atoms in total. The zero-order valence-electron chi connectivity index (χ0n) is 17.4. The van der Waals surface area contributed by atoms with Gasteiger partial charge in [-0.05, 0) is 42.0 Å². The minimum atomic E-state index is -3.54. The molecule has 1 fully saturated rings. The van der Waals surface area contributed by atoms with Crippen molar-refractivity contribution in [2.24, 2.45) is 0 Å². The average molecular weight is 453 g/mol. The van der Waals surface area contributed by atoms with Crippen LogP contribution in [0.3, 0.4) is 0 Å². The lowest BCUT2D eigenvalue weighted by Gasteiger charge is -2.26. The number of sulfonamides is 1. The number of hydrogen-bond donors (Lipinski definition) is 1. The molecule has 1 saturated heterocycles. The first-order chi connectivity index (χ1) is 15.5. The van der Waals surface area contributed by atoms with Gasteiger partial charge in [0.2, 0.25) is 10.0 Å². The lowest BCUT2D eigenvalue weighted by molar-refractivity contribution is 0.0730. The molecule has 3 aromatic carbocycles. The zero-order chi connectivity index (χ0) is 22.4. The summed E-state index contributed by atoms with van der Waals surface area (Å²) >= 11 is 0. The normalized spacial score (nSPS) is 14.6. The van der Waals surface area contributed by atoms with E-state index in [4.69, 9.17) is 9.47 Å². The number of rotatable bonds is 7. The van der Waals surface area contributed by atoms with Crippen molar-refractivity contribution in [3.05, 3.63) is 90.0 Å². The maximum absolute atomic E-state index is 12.8. The highest BCUT2D eigenvalue weighted by Crippen LogP contribution is 2.25. The van der Waals surface area contributed by atoms with Gasteiger partial charge in [0.25, 0.3) is 5.91 Å². The second-order valence-corrected chi connectivity index (χ2v) is 9.19. The number of nitrogens with zero attached hydrogens (tertiary/aromatic N) is 1. The predicted molar refractivity (Wildman–Crippen MR) is 120 cm³/mol. The quantitative estimate of drug-likeness (QED) is 0.594. The molecule has 166 valence electrons. The van der Waals surface area contributed by atoms with E-state index in [0.29, 0.717) is 43.4 Å². The highest BCUT2D eigenvalue weighted by atomic mass is 32.2. The summed E-state index contributed by atoms with van der Waals surface area (Å²) in [5, 5.41) is 2.87. The molecule has 1 heterocycles. The Labute approximate surface area is 187 Å². The van der Waals surface area contributed by atoms with E-state index in [1.165, 1.54) is 4.31 Å². The van der Waals surface area contributed by atoms with Crippen LogP contribution in [0.25, 0.3) is 0 Å². The van der Waals surface area contributed by atoms with Crippen molar-refractivity contribution in [3.63, 3.8) is 0 Å². The van der Waals surface area contributed by atoms with Crippen LogP contribution in [0.5, 0.6) is 11.5 Å². The molecular weight excluding hydrogens is 428 g/mol. The summed E-state index contributed by atoms with van der Waals surface area (Å²) in [5.74, 6) is 0.828. The van der Waals surface area contributed by atoms with E-state index in [0.717, 1.165) is 5.56 Å². The van der Waals surface area contributed by atoms with Gasteiger partial charge in [-0.2, -0.15) is 4.31 Å². The summed E-state index contributed by atoms with van der Waals surface area (Å²) in [6, 6.07) is 22.8. The Morgan fingerprint density at radius 1 is 0.906 bits per heavy atom. The van der Waals surface area contributed by atoms with Gasteiger partial charge in [-0.1, -0.05) is 42.5 Å². The minimum absolute atomic E-state index is 0.232. The van der Waals surface area contributed by atoms with E-state index >= 15 is 0 Å². The van der Waals surface area contributed by atoms with Gasteiger partial charge in [0.1, 0.15) is 11.5 Å². The number of amides is 1. The third-order valence-electron chi connectivity index (χ3n) is 5.09. The van der Waals surface area contributed by atoms with Crippen molar-refractivity contribution in [1.82, 2.24) is 9.62 Å². The molecule has 0 radical (unpaired) electrons. The van der Waals surface area contributed by atoms with Crippen molar-refractivity contribution >= 4 is 15.9 Å². The molecule has 1 aliphatic rings. The fourth-order valence-corrected chi connectivity index (χ4v) is 4.76. The molecule has 0 bridgehead atoms. The van der Waals surface area contributed by atoms with Gasteiger partial charge in [-0.3, -0.25) is 4.79 Å². The first-order valence-corrected chi connectivity index (χ1v) is 11.7. The van der Waals surface area contributed by atoms with E-state index in [1.807, 2.05) is 36.4 Å². The maximum Gasteiger partial charge on any atom is 0.255 e. The summed E-state index contributed by atoms with van der Waals surface area (Å²) < 4.78 is 38.0. The molecule has 0 atom stereocenters. The summed E-state index contributed by atoms with van der Waals surface area (Å²) in [6.45, 7) is 1.77. The Kier molecular flexibility index (Phi) is 6.84. The van der Waals surface area contributed by atoms with Crippen LogP contribution in [-0.2, 0) is 21.3 Å². The largest absolute Gasteiger partial charge is 0.457 e. The molecule has 8 heteroatoms. The molecule has 0 saturated carbocycles. The summed E-state index contributed by atoms with van der Waals surface area (Å²) in [5.41, 5.74) is 1.21. The molecule has 1 amide bonds. The van der Waals surface area contributed by atoms with E-state index in [9.17, 15) is 13.2 Å². The van der Waals surface area contributed by atoms with Gasteiger partial charge in [0.15, 0.2) is 0 Å². The summed E-state index contributed by atoms with van der Waals surface area (Å²) in [4.78, 5) is 13.0. The van der Waals surface area contributed by atoms with Gasteiger partial charge in [0.05, 0.1) is 23.7 Å². The average Bonchev–Trinajstić information content (AvgIpc) is 2.84. The Bertz CT molecular complexity index is 1160. The second kappa shape index (κ2) is 9.95. The van der Waals surface area contributed by atoms with Crippen molar-refractivity contribution < 1.29 is 22.7 Å². The monoisotopic (exact) mass is 452 g/mol. The molecule has 0 aliphatic carbocycles. The van der Waals surface area contributed by atoms with Crippen LogP contribution in [0.15, 0.2) is 83.8 Å². The molecule has 0 spiro atoms. The first kappa shape index (κ1) is 22.0. The van der Waals surface area contributed by atoms with Crippen LogP contribution in [0, 0.1) is 0 Å². The van der Waals surface area contributed by atoms with E-state index in [1.54, 1.807) is 42.5 Å². The third-order valence-corrected chi connectivity index (χ3v) is 7.00. The van der Waals surface area contributed by atoms with E-state index < -0.39 is 10.0 Å². The van der Waals surface area contributed by atoms with E-state index in [-0.39, 0.29) is 17.3 Å². The van der Waals surface area contributed by atoms with Gasteiger partial charge < -0.3 is 14.8 Å². The van der Waals surface area contributed by atoms with Crippen molar-refractivity contribution in [2.45, 2.75) is 11.4 Å². The number of hydrogen-bond acceptors (Lipinski definition) is 5. The topological polar surface area (TPSA) is 84.9 Å². The number of carbonyl (C=O) groups is 1. The molecule has 0 unspecified atom stereocenters. The Morgan fingerprint density at radius 2 is 1.56 bits per heavy atom. The molecule has 1 N–H and O–H groups in total. The fourth-order valence-electron chi connectivity index (χ4n) is 3.35. The number of benzene rings is 3. The fraction of sp³-hybridized carbons (Fsp3) is 0.208. The summed E-state index contributed by atoms with van der Waals surface area (Å²) in [6.07, 6.45) is 0. The molecule has 4 rings (SSSR count). The molecule has 3 aromatic rings. The van der Waals surface area contributed by atoms with Gasteiger partial charge in [-0.25, -0.2) is 8.42 Å². The minimum Gasteiger partial charge on any atom is -0.457 e. The van der Waals surface area contributed by atoms with Crippen LogP contribution >= 0.6 is 0 Å². The number of nitrogens with one attached hydrogen (secondary N) is 1. The highest BCUT2D eigenvalue weighted by molar-refractivity contribution is 7.89. The van der Waals surface area contributed by atoms with Crippen molar-refractivity contribution in [3.8, 4) is 11.5 Å². The molecule has 1 aliphatic heterocycles. The predicted octanol–water partition coefficient (Wildman–Crippen LogP) is 3.43. The van der Waals surface area contributed by atoms with Crippen LogP contribution in [0.2, 0.25) is 0 Å². The van der Waals surface area contributed by atoms with Crippen LogP contribution < -0.4 is 10.1 Å². The Balaban J connectivity index is 1.40. The van der Waals surface area contributed by atoms with Gasteiger partial charge in [0, 0.05) is 19.6 Å². The smallest absolute Gasteiger partial charge is 0.255 e. The first-order valence-electron chi connectivity index (χ1n) is 10.3. The van der Waals surface area contributed by atoms with Gasteiger partial charge >= 0.3 is 0 Å². The molecule has 32 heavy (non-hydrogen) atoms. The standard InChI is InChI=1S/C24H24N2O5S/c27-24(22-8-4-5-9-23(22)31-20-6-2-1-3-7-20)25-18-19-10-12-21(13-11-19)32(28,29)26-14-16-30-17-15-26/h1-13H,14-18H2,(H,25,27). The number of morpholine rings is 1. The number of para-hydroxylation sites is 2. The summed E-state index contributed by atoms with van der Waals surface area (Å²) in [7, 11) is -3.54. The maximum atomic E-state index is 12.8. The van der Waals surface area contributed by atoms with Crippen LogP contribution in [0.4, 0.5) is 0 Å². The molecular formula is C24H24N2O5S. The Hall–Kier alpha value is -3.20. The lowest BCUT2D eigenvalue weighted by atomic mass is 10.1. The molecule has 0 aromatic heterocycles. The van der Waals surface area contributed by atoms with Crippen molar-refractivity contribution in [1.29, 1.82) is 0 Å². The van der Waals surface area contributed by atoms with Crippen molar-refractivity contribution in [2.75, 3.05) is 26.3 Å². The zero-order valence-corrected chi connectivity index (χ0v) is 18.3. The van der Waals surface area contributed by atoms with Crippen LogP contribution in [-0.4, -0.2) is 44.9 Å². The number of ether oxygens (including phenoxy) is 2. The van der Waals surface area contributed by atoms with Gasteiger partial charge in [-0.15, -0.1) is 0 Å². The lowest BCUT2D eigenvalue weighted by Crippen LogP contribution is -2.40. The SMILES string of the molecule is O=C(NCc1ccc(S(=O)(=O)N2CCOCC2)cc1)c1ccccc1Oc1ccccc1. The van der Waals surface area contributed by atoms with Crippen LogP contribution in [0.1, 0.15) is 15.9 Å².